The molecule has 0 radical (unpaired) electrons. The number of benzene rings is 2. The van der Waals surface area contributed by atoms with Crippen LogP contribution < -0.4 is 20.7 Å². The van der Waals surface area contributed by atoms with Gasteiger partial charge in [-0.05, 0) is 55.3 Å². The molecule has 126 valence electrons. The van der Waals surface area contributed by atoms with Gasteiger partial charge in [-0.2, -0.15) is 0 Å². The van der Waals surface area contributed by atoms with Crippen molar-refractivity contribution in [3.05, 3.63) is 53.6 Å². The Kier molecular flexibility index (Phi) is 5.42. The highest BCUT2D eigenvalue weighted by molar-refractivity contribution is 6.13. The highest BCUT2D eigenvalue weighted by Crippen LogP contribution is 2.20. The monoisotopic (exact) mass is 327 g/mol. The summed E-state index contributed by atoms with van der Waals surface area (Å²) in [6.45, 7) is 5.21. The van der Waals surface area contributed by atoms with Gasteiger partial charge in [0, 0.05) is 12.6 Å². The van der Waals surface area contributed by atoms with E-state index in [1.165, 1.54) is 6.92 Å². The molecule has 0 fully saturated rings. The maximum atomic E-state index is 12.3. The lowest BCUT2D eigenvalue weighted by Crippen LogP contribution is -2.44. The zero-order valence-electron chi connectivity index (χ0n) is 14.0. The largest absolute Gasteiger partial charge is 0.473 e. The molecule has 3 N–H and O–H groups in total. The lowest BCUT2D eigenvalue weighted by atomic mass is 10.1. The third-order valence-corrected chi connectivity index (χ3v) is 3.68. The lowest BCUT2D eigenvalue weighted by molar-refractivity contribution is -0.115. The molecule has 0 saturated heterocycles. The summed E-state index contributed by atoms with van der Waals surface area (Å²) < 4.78 is 5.58. The predicted octanol–water partition coefficient (Wildman–Crippen LogP) is 2.98. The van der Waals surface area contributed by atoms with Crippen molar-refractivity contribution < 1.29 is 14.3 Å². The summed E-state index contributed by atoms with van der Waals surface area (Å²) in [6, 6.07) is 11.6. The van der Waals surface area contributed by atoms with E-state index in [9.17, 15) is 9.59 Å². The van der Waals surface area contributed by atoms with E-state index in [1.54, 1.807) is 24.3 Å². The van der Waals surface area contributed by atoms with Crippen molar-refractivity contribution in [1.29, 1.82) is 0 Å². The lowest BCUT2D eigenvalue weighted by Gasteiger charge is -2.20. The van der Waals surface area contributed by atoms with Crippen LogP contribution in [0, 0.1) is 13.8 Å². The van der Waals surface area contributed by atoms with Crippen LogP contribution in [0.2, 0.25) is 0 Å². The van der Waals surface area contributed by atoms with E-state index in [4.69, 9.17) is 10.5 Å². The van der Waals surface area contributed by atoms with Gasteiger partial charge < -0.3 is 15.8 Å². The Labute approximate surface area is 141 Å². The van der Waals surface area contributed by atoms with Crippen molar-refractivity contribution in [2.75, 3.05) is 17.4 Å². The normalized spacial score (nSPS) is 10.1. The van der Waals surface area contributed by atoms with Gasteiger partial charge in [0.1, 0.15) is 5.75 Å². The number of hydrogen-bond donors (Lipinski definition) is 2. The first-order chi connectivity index (χ1) is 11.4. The van der Waals surface area contributed by atoms with Crippen LogP contribution >= 0.6 is 0 Å². The molecule has 0 aliphatic heterocycles. The second-order valence-electron chi connectivity index (χ2n) is 5.41. The minimum atomic E-state index is -0.558. The number of nitrogens with zero attached hydrogens (tertiary/aromatic N) is 1. The molecule has 3 amide bonds. The van der Waals surface area contributed by atoms with E-state index < -0.39 is 11.9 Å². The van der Waals surface area contributed by atoms with Crippen LogP contribution in [-0.2, 0) is 4.79 Å². The van der Waals surface area contributed by atoms with Crippen LogP contribution in [-0.4, -0.2) is 18.7 Å². The SMILES string of the molecule is CC(=O)N(C(=O)NCOc1cccc(C)c1C)c1ccc(N)cc1. The number of ether oxygens (including phenoxy) is 1. The smallest absolute Gasteiger partial charge is 0.331 e. The number of imide groups is 1. The Morgan fingerprint density at radius 3 is 2.42 bits per heavy atom. The van der Waals surface area contributed by atoms with E-state index in [0.29, 0.717) is 17.1 Å². The third-order valence-electron chi connectivity index (χ3n) is 3.68. The quantitative estimate of drug-likeness (QED) is 0.668. The molecule has 0 aromatic heterocycles. The highest BCUT2D eigenvalue weighted by atomic mass is 16.5. The van der Waals surface area contributed by atoms with Crippen LogP contribution in [0.1, 0.15) is 18.1 Å². The fourth-order valence-corrected chi connectivity index (χ4v) is 2.20. The first-order valence-corrected chi connectivity index (χ1v) is 7.53. The van der Waals surface area contributed by atoms with E-state index in [1.807, 2.05) is 32.0 Å². The number of amides is 3. The second kappa shape index (κ2) is 7.50. The fourth-order valence-electron chi connectivity index (χ4n) is 2.20. The van der Waals surface area contributed by atoms with Crippen LogP contribution in [0.15, 0.2) is 42.5 Å². The second-order valence-corrected chi connectivity index (χ2v) is 5.41. The summed E-state index contributed by atoms with van der Waals surface area (Å²) in [5.74, 6) is 0.293. The number of carbonyl (C=O) groups excluding carboxylic acids is 2. The van der Waals surface area contributed by atoms with Gasteiger partial charge in [0.25, 0.3) is 0 Å². The molecule has 0 aliphatic rings. The van der Waals surface area contributed by atoms with E-state index in [-0.39, 0.29) is 6.73 Å². The molecule has 0 atom stereocenters. The number of hydrogen-bond acceptors (Lipinski definition) is 4. The molecule has 0 aliphatic carbocycles. The number of nitrogens with two attached hydrogens (primary N) is 1. The van der Waals surface area contributed by atoms with Gasteiger partial charge in [0.2, 0.25) is 5.91 Å². The van der Waals surface area contributed by atoms with Crippen molar-refractivity contribution in [2.24, 2.45) is 0 Å². The summed E-state index contributed by atoms with van der Waals surface area (Å²) in [4.78, 5) is 25.1. The van der Waals surface area contributed by atoms with E-state index in [2.05, 4.69) is 5.32 Å². The van der Waals surface area contributed by atoms with Crippen molar-refractivity contribution >= 4 is 23.3 Å². The van der Waals surface area contributed by atoms with Gasteiger partial charge in [0.05, 0.1) is 5.69 Å². The summed E-state index contributed by atoms with van der Waals surface area (Å²) in [5.41, 5.74) is 8.74. The number of aryl methyl sites for hydroxylation is 1. The Morgan fingerprint density at radius 2 is 1.79 bits per heavy atom. The molecule has 0 spiro atoms. The van der Waals surface area contributed by atoms with E-state index >= 15 is 0 Å². The van der Waals surface area contributed by atoms with E-state index in [0.717, 1.165) is 16.0 Å². The van der Waals surface area contributed by atoms with Crippen molar-refractivity contribution in [1.82, 2.24) is 5.32 Å². The van der Waals surface area contributed by atoms with Crippen molar-refractivity contribution in [3.8, 4) is 5.75 Å². The van der Waals surface area contributed by atoms with Crippen molar-refractivity contribution in [2.45, 2.75) is 20.8 Å². The minimum absolute atomic E-state index is 0.0398. The number of urea groups is 1. The Hall–Kier alpha value is -3.02. The molecule has 24 heavy (non-hydrogen) atoms. The molecule has 0 heterocycles. The summed E-state index contributed by atoms with van der Waals surface area (Å²) in [5, 5.41) is 2.59. The first kappa shape index (κ1) is 17.3. The number of nitrogens with one attached hydrogen (secondary N) is 1. The van der Waals surface area contributed by atoms with Crippen molar-refractivity contribution in [3.63, 3.8) is 0 Å². The maximum Gasteiger partial charge on any atom is 0.331 e. The Bertz CT molecular complexity index is 742. The molecule has 0 saturated carbocycles. The van der Waals surface area contributed by atoms with Crippen LogP contribution in [0.25, 0.3) is 0 Å². The minimum Gasteiger partial charge on any atom is -0.473 e. The average Bonchev–Trinajstić information content (AvgIpc) is 2.53. The van der Waals surface area contributed by atoms with Gasteiger partial charge in [-0.1, -0.05) is 12.1 Å². The fraction of sp³-hybridized carbons (Fsp3) is 0.222. The number of rotatable bonds is 4. The molecular weight excluding hydrogens is 306 g/mol. The average molecular weight is 327 g/mol. The van der Waals surface area contributed by atoms with Crippen LogP contribution in [0.3, 0.4) is 0 Å². The number of nitrogen functional groups attached to an aromatic ring is 1. The van der Waals surface area contributed by atoms with Gasteiger partial charge in [-0.25, -0.2) is 9.69 Å². The zero-order valence-corrected chi connectivity index (χ0v) is 14.0. The van der Waals surface area contributed by atoms with Crippen LogP contribution in [0.5, 0.6) is 5.75 Å². The molecular formula is C18H21N3O3. The highest BCUT2D eigenvalue weighted by Gasteiger charge is 2.19. The summed E-state index contributed by atoms with van der Waals surface area (Å²) in [6.07, 6.45) is 0. The molecule has 6 nitrogen and oxygen atoms in total. The zero-order chi connectivity index (χ0) is 17.7. The topological polar surface area (TPSA) is 84.7 Å². The Morgan fingerprint density at radius 1 is 1.12 bits per heavy atom. The standard InChI is InChI=1S/C18H21N3O3/c1-12-5-4-6-17(13(12)2)24-11-20-18(23)21(14(3)22)16-9-7-15(19)8-10-16/h4-10H,11,19H2,1-3H3,(H,20,23). The van der Waals surface area contributed by atoms with Gasteiger partial charge in [0.15, 0.2) is 6.73 Å². The van der Waals surface area contributed by atoms with Gasteiger partial charge >= 0.3 is 6.03 Å². The Balaban J connectivity index is 2.02. The first-order valence-electron chi connectivity index (χ1n) is 7.53. The molecule has 2 aromatic carbocycles. The maximum absolute atomic E-state index is 12.3. The molecule has 2 rings (SSSR count). The third kappa shape index (κ3) is 4.04. The van der Waals surface area contributed by atoms with Gasteiger partial charge in [-0.15, -0.1) is 0 Å². The van der Waals surface area contributed by atoms with Gasteiger partial charge in [-0.3, -0.25) is 4.79 Å². The summed E-state index contributed by atoms with van der Waals surface area (Å²) >= 11 is 0. The molecule has 0 unspecified atom stereocenters. The molecule has 6 heteroatoms. The predicted molar refractivity (Wildman–Crippen MR) is 94.0 cm³/mol. The van der Waals surface area contributed by atoms with Crippen LogP contribution in [0.4, 0.5) is 16.2 Å². The number of anilines is 2. The molecule has 0 bridgehead atoms. The molecule has 2 aromatic rings. The number of carbonyl (C=O) groups is 2. The summed E-state index contributed by atoms with van der Waals surface area (Å²) in [7, 11) is 0.